The summed E-state index contributed by atoms with van der Waals surface area (Å²) in [4.78, 5) is 15.4. The summed E-state index contributed by atoms with van der Waals surface area (Å²) in [5.41, 5.74) is 1.62. The molecule has 30 heavy (non-hydrogen) atoms. The molecule has 2 heterocycles. The lowest BCUT2D eigenvalue weighted by Crippen LogP contribution is -2.48. The maximum absolute atomic E-state index is 10.9. The lowest BCUT2D eigenvalue weighted by molar-refractivity contribution is -0.384. The number of furan rings is 1. The van der Waals surface area contributed by atoms with Crippen LogP contribution in [-0.4, -0.2) is 41.0 Å². The zero-order valence-electron chi connectivity index (χ0n) is 15.8. The molecule has 4 rings (SSSR count). The standard InChI is InChI=1S/C21H17Cl2N3O3S/c22-14-2-1-3-15(12-14)24-8-10-25(11-9-24)21(30)20-7-6-19(29-20)17-5-4-16(26(27)28)13-18(17)23/h1-7,12-13H,8-11H2. The second-order valence-corrected chi connectivity index (χ2v) is 8.07. The maximum Gasteiger partial charge on any atom is 0.270 e. The SMILES string of the molecule is O=[N+]([O-])c1ccc(-c2ccc(C(=S)N3CCN(c4cccc(Cl)c4)CC3)o2)c(Cl)c1. The van der Waals surface area contributed by atoms with Crippen LogP contribution >= 0.6 is 35.4 Å². The van der Waals surface area contributed by atoms with Gasteiger partial charge in [-0.15, -0.1) is 0 Å². The third-order valence-corrected chi connectivity index (χ3v) is 5.99. The minimum atomic E-state index is -0.485. The van der Waals surface area contributed by atoms with Gasteiger partial charge in [-0.2, -0.15) is 0 Å². The molecule has 9 heteroatoms. The molecular formula is C21H17Cl2N3O3S. The molecule has 0 aliphatic carbocycles. The summed E-state index contributed by atoms with van der Waals surface area (Å²) < 4.78 is 5.92. The van der Waals surface area contributed by atoms with E-state index in [-0.39, 0.29) is 10.7 Å². The van der Waals surface area contributed by atoms with Crippen LogP contribution in [0.5, 0.6) is 0 Å². The Kier molecular flexibility index (Phi) is 5.94. The van der Waals surface area contributed by atoms with Crippen LogP contribution in [-0.2, 0) is 0 Å². The number of nitrogens with zero attached hydrogens (tertiary/aromatic N) is 3. The van der Waals surface area contributed by atoms with Crippen molar-refractivity contribution in [2.24, 2.45) is 0 Å². The average Bonchev–Trinajstić information content (AvgIpc) is 3.23. The number of halogens is 2. The van der Waals surface area contributed by atoms with E-state index in [1.54, 1.807) is 18.2 Å². The Bertz CT molecular complexity index is 1110. The lowest BCUT2D eigenvalue weighted by atomic mass is 10.1. The molecule has 0 radical (unpaired) electrons. The Hall–Kier alpha value is -2.61. The quantitative estimate of drug-likeness (QED) is 0.283. The summed E-state index contributed by atoms with van der Waals surface area (Å²) in [6.45, 7) is 3.17. The van der Waals surface area contributed by atoms with Crippen molar-refractivity contribution in [1.29, 1.82) is 0 Å². The van der Waals surface area contributed by atoms with E-state index < -0.39 is 4.92 Å². The maximum atomic E-state index is 10.9. The normalized spacial score (nSPS) is 14.1. The van der Waals surface area contributed by atoms with Crippen molar-refractivity contribution in [2.45, 2.75) is 0 Å². The van der Waals surface area contributed by atoms with Gasteiger partial charge in [0.2, 0.25) is 0 Å². The third kappa shape index (κ3) is 4.28. The second kappa shape index (κ2) is 8.63. The van der Waals surface area contributed by atoms with Gasteiger partial charge in [0.15, 0.2) is 5.76 Å². The third-order valence-electron chi connectivity index (χ3n) is 4.99. The van der Waals surface area contributed by atoms with Crippen molar-refractivity contribution in [3.63, 3.8) is 0 Å². The van der Waals surface area contributed by atoms with Crippen LogP contribution in [0.4, 0.5) is 11.4 Å². The van der Waals surface area contributed by atoms with E-state index in [4.69, 9.17) is 39.8 Å². The van der Waals surface area contributed by atoms with Crippen molar-refractivity contribution < 1.29 is 9.34 Å². The number of nitro benzene ring substituents is 1. The molecule has 0 spiro atoms. The van der Waals surface area contributed by atoms with Gasteiger partial charge in [-0.05, 0) is 36.4 Å². The van der Waals surface area contributed by atoms with Gasteiger partial charge in [-0.3, -0.25) is 10.1 Å². The Balaban J connectivity index is 1.44. The number of piperazine rings is 1. The van der Waals surface area contributed by atoms with Crippen LogP contribution in [0.25, 0.3) is 11.3 Å². The number of thiocarbonyl (C=S) groups is 1. The highest BCUT2D eigenvalue weighted by atomic mass is 35.5. The number of nitro groups is 1. The molecule has 3 aromatic rings. The van der Waals surface area contributed by atoms with Crippen LogP contribution in [0.2, 0.25) is 10.0 Å². The molecule has 1 saturated heterocycles. The fraction of sp³-hybridized carbons (Fsp3) is 0.190. The van der Waals surface area contributed by atoms with Crippen LogP contribution in [0.3, 0.4) is 0 Å². The first-order chi connectivity index (χ1) is 14.4. The molecular weight excluding hydrogens is 445 g/mol. The van der Waals surface area contributed by atoms with Crippen molar-refractivity contribution in [1.82, 2.24) is 4.90 Å². The summed E-state index contributed by atoms with van der Waals surface area (Å²) in [5, 5.41) is 11.9. The number of anilines is 1. The first-order valence-corrected chi connectivity index (χ1v) is 10.4. The molecule has 0 unspecified atom stereocenters. The van der Waals surface area contributed by atoms with Gasteiger partial charge in [0.1, 0.15) is 10.7 Å². The summed E-state index contributed by atoms with van der Waals surface area (Å²) in [7, 11) is 0. The smallest absolute Gasteiger partial charge is 0.270 e. The average molecular weight is 462 g/mol. The molecule has 1 aromatic heterocycles. The summed E-state index contributed by atoms with van der Waals surface area (Å²) in [5.74, 6) is 1.09. The van der Waals surface area contributed by atoms with E-state index in [1.165, 1.54) is 12.1 Å². The van der Waals surface area contributed by atoms with Gasteiger partial charge in [-0.25, -0.2) is 0 Å². The topological polar surface area (TPSA) is 62.8 Å². The Labute approximate surface area is 188 Å². The van der Waals surface area contributed by atoms with Crippen molar-refractivity contribution in [2.75, 3.05) is 31.1 Å². The fourth-order valence-corrected chi connectivity index (χ4v) is 4.16. The van der Waals surface area contributed by atoms with E-state index in [2.05, 4.69) is 9.80 Å². The van der Waals surface area contributed by atoms with Gasteiger partial charge in [0.05, 0.1) is 9.95 Å². The number of hydrogen-bond acceptors (Lipinski definition) is 5. The molecule has 1 aliphatic rings. The second-order valence-electron chi connectivity index (χ2n) is 6.84. The minimum Gasteiger partial charge on any atom is -0.454 e. The van der Waals surface area contributed by atoms with Crippen molar-refractivity contribution in [3.8, 4) is 11.3 Å². The largest absolute Gasteiger partial charge is 0.454 e. The van der Waals surface area contributed by atoms with Crippen molar-refractivity contribution in [3.05, 3.63) is 80.5 Å². The molecule has 2 aromatic carbocycles. The van der Waals surface area contributed by atoms with Crippen molar-refractivity contribution >= 4 is 51.8 Å². The van der Waals surface area contributed by atoms with Crippen LogP contribution in [0.15, 0.2) is 59.0 Å². The molecule has 0 amide bonds. The molecule has 1 fully saturated rings. The molecule has 0 saturated carbocycles. The summed E-state index contributed by atoms with van der Waals surface area (Å²) in [6.07, 6.45) is 0. The molecule has 0 N–H and O–H groups in total. The van der Waals surface area contributed by atoms with E-state index >= 15 is 0 Å². The molecule has 154 valence electrons. The molecule has 0 bridgehead atoms. The van der Waals surface area contributed by atoms with E-state index in [0.717, 1.165) is 36.9 Å². The number of hydrogen-bond donors (Lipinski definition) is 0. The first kappa shape index (κ1) is 20.7. The monoisotopic (exact) mass is 461 g/mol. The first-order valence-electron chi connectivity index (χ1n) is 9.26. The van der Waals surface area contributed by atoms with Gasteiger partial charge in [-0.1, -0.05) is 41.5 Å². The fourth-order valence-electron chi connectivity index (χ4n) is 3.41. The van der Waals surface area contributed by atoms with E-state index in [0.29, 0.717) is 22.1 Å². The summed E-state index contributed by atoms with van der Waals surface area (Å²) in [6, 6.07) is 15.7. The molecule has 1 aliphatic heterocycles. The minimum absolute atomic E-state index is 0.0661. The Morgan fingerprint density at radius 3 is 2.47 bits per heavy atom. The van der Waals surface area contributed by atoms with Crippen LogP contribution in [0, 0.1) is 10.1 Å². The molecule has 6 nitrogen and oxygen atoms in total. The predicted octanol–water partition coefficient (Wildman–Crippen LogP) is 5.66. The highest BCUT2D eigenvalue weighted by Gasteiger charge is 2.22. The number of rotatable bonds is 4. The lowest BCUT2D eigenvalue weighted by Gasteiger charge is -2.37. The summed E-state index contributed by atoms with van der Waals surface area (Å²) >= 11 is 17.9. The number of non-ortho nitro benzene ring substituents is 1. The predicted molar refractivity (Wildman–Crippen MR) is 123 cm³/mol. The number of benzene rings is 2. The van der Waals surface area contributed by atoms with E-state index in [9.17, 15) is 10.1 Å². The van der Waals surface area contributed by atoms with Gasteiger partial charge in [0, 0.05) is 54.6 Å². The van der Waals surface area contributed by atoms with E-state index in [1.807, 2.05) is 24.3 Å². The van der Waals surface area contributed by atoms with Gasteiger partial charge < -0.3 is 14.2 Å². The Morgan fingerprint density at radius 1 is 1.03 bits per heavy atom. The van der Waals surface area contributed by atoms with Gasteiger partial charge in [0.25, 0.3) is 5.69 Å². The Morgan fingerprint density at radius 2 is 1.80 bits per heavy atom. The molecule has 0 atom stereocenters. The zero-order valence-corrected chi connectivity index (χ0v) is 18.1. The van der Waals surface area contributed by atoms with Gasteiger partial charge >= 0.3 is 0 Å². The zero-order chi connectivity index (χ0) is 21.3. The van der Waals surface area contributed by atoms with Crippen LogP contribution < -0.4 is 4.90 Å². The highest BCUT2D eigenvalue weighted by Crippen LogP contribution is 2.32. The highest BCUT2D eigenvalue weighted by molar-refractivity contribution is 7.80. The van der Waals surface area contributed by atoms with Crippen LogP contribution in [0.1, 0.15) is 5.76 Å².